The van der Waals surface area contributed by atoms with Crippen LogP contribution in [-0.2, 0) is 19.2 Å². The molecule has 0 unspecified atom stereocenters. The summed E-state index contributed by atoms with van der Waals surface area (Å²) >= 11 is 5.36. The molecule has 0 radical (unpaired) electrons. The van der Waals surface area contributed by atoms with E-state index < -0.39 is 5.91 Å². The first kappa shape index (κ1) is 45.3. The molecule has 2 saturated carbocycles. The molecular weight excluding hydrogens is 885 g/mol. The zero-order valence-electron chi connectivity index (χ0n) is 34.8. The minimum absolute atomic E-state index is 0.0118. The summed E-state index contributed by atoms with van der Waals surface area (Å²) in [5, 5.41) is 12.3. The molecule has 2 aliphatic carbocycles. The van der Waals surface area contributed by atoms with Gasteiger partial charge in [0.1, 0.15) is 11.5 Å². The lowest BCUT2D eigenvalue weighted by molar-refractivity contribution is -0.130. The molecule has 2 aromatic carbocycles. The maximum absolute atomic E-state index is 13.8. The monoisotopic (exact) mass is 930 g/mol. The molecule has 16 nitrogen and oxygen atoms in total. The molecule has 6 amide bonds. The number of nitrogens with one attached hydrogen (secondary N) is 4. The largest absolute Gasteiger partial charge is 0.496 e. The highest BCUT2D eigenvalue weighted by atomic mass is 32.2. The molecule has 1 aliphatic heterocycles. The van der Waals surface area contributed by atoms with Crippen LogP contribution in [0.1, 0.15) is 59.0 Å². The SMILES string of the molecule is C=CC(=O)N1CCN(C(=O)c2cc(Sc3sc(NC(=O)C4CC4)nc3C=CC(=O)NCCNC(=O)c3cc(Sc4cnc(NC(=O)C5CC5)s4)ccc3OC)ccc2OC)C[C@H]1C. The average molecular weight is 931 g/mol. The molecule has 63 heavy (non-hydrogen) atoms. The van der Waals surface area contributed by atoms with Gasteiger partial charge in [-0.3, -0.25) is 28.8 Å². The molecule has 4 aromatic rings. The Balaban J connectivity index is 0.963. The van der Waals surface area contributed by atoms with Gasteiger partial charge in [0, 0.05) is 66.5 Å². The summed E-state index contributed by atoms with van der Waals surface area (Å²) in [5.41, 5.74) is 1.13. The fourth-order valence-electron chi connectivity index (χ4n) is 6.52. The highest BCUT2D eigenvalue weighted by Gasteiger charge is 2.32. The van der Waals surface area contributed by atoms with Crippen molar-refractivity contribution in [2.24, 2.45) is 11.8 Å². The summed E-state index contributed by atoms with van der Waals surface area (Å²) < 4.78 is 12.5. The summed E-state index contributed by atoms with van der Waals surface area (Å²) in [7, 11) is 2.98. The highest BCUT2D eigenvalue weighted by Crippen LogP contribution is 2.41. The van der Waals surface area contributed by atoms with E-state index in [0.29, 0.717) is 67.3 Å². The number of hydrogen-bond acceptors (Lipinski definition) is 14. The minimum Gasteiger partial charge on any atom is -0.496 e. The number of rotatable bonds is 18. The summed E-state index contributed by atoms with van der Waals surface area (Å²) in [6, 6.07) is 10.4. The Morgan fingerprint density at radius 1 is 0.841 bits per heavy atom. The number of aromatic nitrogens is 2. The number of thiazole rings is 2. The van der Waals surface area contributed by atoms with Crippen LogP contribution in [0, 0.1) is 11.8 Å². The Kier molecular flexibility index (Phi) is 14.9. The lowest BCUT2D eigenvalue weighted by Gasteiger charge is -2.39. The number of piperazine rings is 1. The lowest BCUT2D eigenvalue weighted by Crippen LogP contribution is -2.55. The summed E-state index contributed by atoms with van der Waals surface area (Å²) in [5.74, 6) is -0.511. The van der Waals surface area contributed by atoms with E-state index in [1.54, 1.807) is 46.3 Å². The molecule has 1 atom stereocenters. The van der Waals surface area contributed by atoms with Crippen molar-refractivity contribution in [1.29, 1.82) is 0 Å². The Bertz CT molecular complexity index is 2450. The molecule has 20 heteroatoms. The van der Waals surface area contributed by atoms with Crippen LogP contribution in [0.3, 0.4) is 0 Å². The second kappa shape index (κ2) is 20.7. The van der Waals surface area contributed by atoms with E-state index in [-0.39, 0.29) is 60.5 Å². The molecule has 3 fully saturated rings. The van der Waals surface area contributed by atoms with Crippen molar-refractivity contribution in [3.63, 3.8) is 0 Å². The Labute approximate surface area is 380 Å². The topological polar surface area (TPSA) is 201 Å². The van der Waals surface area contributed by atoms with Gasteiger partial charge in [-0.2, -0.15) is 0 Å². The van der Waals surface area contributed by atoms with Gasteiger partial charge in [0.05, 0.1) is 45.7 Å². The van der Waals surface area contributed by atoms with Gasteiger partial charge in [-0.25, -0.2) is 9.97 Å². The van der Waals surface area contributed by atoms with Crippen molar-refractivity contribution >= 4 is 98.0 Å². The molecule has 0 bridgehead atoms. The number of anilines is 2. The van der Waals surface area contributed by atoms with Crippen LogP contribution in [-0.4, -0.2) is 108 Å². The highest BCUT2D eigenvalue weighted by molar-refractivity contribution is 8.01. The van der Waals surface area contributed by atoms with E-state index in [0.717, 1.165) is 34.8 Å². The van der Waals surface area contributed by atoms with Crippen LogP contribution in [0.5, 0.6) is 11.5 Å². The summed E-state index contributed by atoms with van der Waals surface area (Å²) in [6.45, 7) is 6.82. The molecule has 7 rings (SSSR count). The van der Waals surface area contributed by atoms with Gasteiger partial charge < -0.3 is 40.5 Å². The zero-order valence-corrected chi connectivity index (χ0v) is 38.0. The molecule has 2 aromatic heterocycles. The normalized spacial score (nSPS) is 16.0. The Hall–Kier alpha value is -5.70. The number of carbonyl (C=O) groups excluding carboxylic acids is 6. The minimum atomic E-state index is -0.425. The first-order valence-electron chi connectivity index (χ1n) is 20.2. The van der Waals surface area contributed by atoms with Gasteiger partial charge in [-0.1, -0.05) is 52.8 Å². The molecular formula is C43H46N8O8S4. The van der Waals surface area contributed by atoms with Crippen LogP contribution >= 0.6 is 46.2 Å². The molecule has 3 heterocycles. The Morgan fingerprint density at radius 2 is 1.48 bits per heavy atom. The molecule has 0 spiro atoms. The smallest absolute Gasteiger partial charge is 0.257 e. The van der Waals surface area contributed by atoms with E-state index >= 15 is 0 Å². The van der Waals surface area contributed by atoms with E-state index in [4.69, 9.17) is 9.47 Å². The van der Waals surface area contributed by atoms with Crippen molar-refractivity contribution in [3.05, 3.63) is 78.1 Å². The van der Waals surface area contributed by atoms with E-state index in [9.17, 15) is 28.8 Å². The third kappa shape index (κ3) is 11.9. The number of nitrogens with zero attached hydrogens (tertiary/aromatic N) is 4. The summed E-state index contributed by atoms with van der Waals surface area (Å²) in [4.78, 5) is 90.9. The van der Waals surface area contributed by atoms with Crippen LogP contribution in [0.4, 0.5) is 10.3 Å². The fourth-order valence-corrected chi connectivity index (χ4v) is 10.5. The number of hydrogen-bond donors (Lipinski definition) is 4. The van der Waals surface area contributed by atoms with Crippen molar-refractivity contribution in [1.82, 2.24) is 30.4 Å². The third-order valence-electron chi connectivity index (χ3n) is 10.2. The van der Waals surface area contributed by atoms with Crippen LogP contribution in [0.2, 0.25) is 0 Å². The van der Waals surface area contributed by atoms with Gasteiger partial charge in [0.25, 0.3) is 11.8 Å². The number of ether oxygens (including phenoxy) is 2. The molecule has 4 N–H and O–H groups in total. The van der Waals surface area contributed by atoms with Crippen LogP contribution < -0.4 is 30.7 Å². The van der Waals surface area contributed by atoms with Gasteiger partial charge in [0.2, 0.25) is 23.6 Å². The molecule has 3 aliphatic rings. The fraction of sp³-hybridized carbons (Fsp3) is 0.349. The second-order valence-electron chi connectivity index (χ2n) is 14.8. The van der Waals surface area contributed by atoms with E-state index in [1.807, 2.05) is 19.1 Å². The lowest BCUT2D eigenvalue weighted by atomic mass is 10.1. The molecule has 1 saturated heterocycles. The van der Waals surface area contributed by atoms with Crippen molar-refractivity contribution in [3.8, 4) is 11.5 Å². The standard InChI is InChI=1S/C43H46N8O8S4/c1-5-35(53)51-19-18-50(23-24(51)2)40(57)30-21-28(11-14-33(30)59-4)61-41-31(47-43(63-41)49-38(55)26-8-9-26)12-15-34(52)44-16-17-45-39(56)29-20-27(10-13-32(29)58-3)60-36-22-46-42(62-36)48-37(54)25-6-7-25/h5,10-15,20-22,24-26H,1,6-9,16-19,23H2,2-4H3,(H,44,52)(H,45,56)(H,46,48,54)(H,47,49,55)/t24-/m1/s1. The number of benzene rings is 2. The van der Waals surface area contributed by atoms with E-state index in [1.165, 1.54) is 72.6 Å². The van der Waals surface area contributed by atoms with Crippen LogP contribution in [0.25, 0.3) is 6.08 Å². The quantitative estimate of drug-likeness (QED) is 0.0668. The van der Waals surface area contributed by atoms with Crippen molar-refractivity contribution in [2.45, 2.75) is 56.9 Å². The van der Waals surface area contributed by atoms with Gasteiger partial charge in [-0.15, -0.1) is 0 Å². The second-order valence-corrected chi connectivity index (χ2v) is 19.6. The predicted octanol–water partition coefficient (Wildman–Crippen LogP) is 6.03. The van der Waals surface area contributed by atoms with Crippen molar-refractivity contribution < 1.29 is 38.2 Å². The maximum Gasteiger partial charge on any atom is 0.257 e. The Morgan fingerprint density at radius 3 is 2.13 bits per heavy atom. The van der Waals surface area contributed by atoms with Crippen LogP contribution in [0.15, 0.2) is 79.5 Å². The predicted molar refractivity (Wildman–Crippen MR) is 243 cm³/mol. The number of carbonyl (C=O) groups is 6. The average Bonchev–Trinajstić information content (AvgIpc) is 4.23. The van der Waals surface area contributed by atoms with E-state index in [2.05, 4.69) is 37.8 Å². The summed E-state index contributed by atoms with van der Waals surface area (Å²) in [6.07, 6.45) is 9.30. The van der Waals surface area contributed by atoms with Gasteiger partial charge in [0.15, 0.2) is 10.3 Å². The first-order chi connectivity index (χ1) is 30.4. The van der Waals surface area contributed by atoms with Gasteiger partial charge >= 0.3 is 0 Å². The number of methoxy groups -OCH3 is 2. The maximum atomic E-state index is 13.8. The molecule has 330 valence electrons. The van der Waals surface area contributed by atoms with Crippen molar-refractivity contribution in [2.75, 3.05) is 57.6 Å². The number of amides is 6. The van der Waals surface area contributed by atoms with Gasteiger partial charge in [-0.05, 0) is 81.2 Å². The first-order valence-corrected chi connectivity index (χ1v) is 23.5. The third-order valence-corrected chi connectivity index (χ3v) is 14.4. The zero-order chi connectivity index (χ0) is 44.6.